The summed E-state index contributed by atoms with van der Waals surface area (Å²) in [6.45, 7) is 6.56. The van der Waals surface area contributed by atoms with Gasteiger partial charge in [-0.3, -0.25) is 9.69 Å². The van der Waals surface area contributed by atoms with Crippen LogP contribution in [0.1, 0.15) is 49.3 Å². The van der Waals surface area contributed by atoms with Crippen LogP contribution < -0.4 is 4.74 Å². The molecule has 4 rings (SSSR count). The van der Waals surface area contributed by atoms with Crippen LogP contribution in [0, 0.1) is 0 Å². The summed E-state index contributed by atoms with van der Waals surface area (Å²) < 4.78 is 15.4. The van der Waals surface area contributed by atoms with Gasteiger partial charge in [-0.15, -0.1) is 5.10 Å². The van der Waals surface area contributed by atoms with Crippen molar-refractivity contribution in [1.29, 1.82) is 0 Å². The van der Waals surface area contributed by atoms with Crippen LogP contribution in [0.15, 0.2) is 29.6 Å². The van der Waals surface area contributed by atoms with Gasteiger partial charge in [0.05, 0.1) is 25.5 Å². The Labute approximate surface area is 188 Å². The lowest BCUT2D eigenvalue weighted by Gasteiger charge is -2.33. The average Bonchev–Trinajstić information content (AvgIpc) is 3.48. The SMILES string of the molecule is CCCO[C@@H]1CCCN(CC(=O)N2C[C@@H](c3cccc(OC)c3)[C@H](c3csnn3)C2)C1. The van der Waals surface area contributed by atoms with Gasteiger partial charge in [-0.1, -0.05) is 23.5 Å². The summed E-state index contributed by atoms with van der Waals surface area (Å²) in [6.07, 6.45) is 3.45. The van der Waals surface area contributed by atoms with Gasteiger partial charge in [0.2, 0.25) is 5.91 Å². The van der Waals surface area contributed by atoms with E-state index in [0.717, 1.165) is 50.4 Å². The Bertz CT molecular complexity index is 847. The third kappa shape index (κ3) is 5.42. The molecule has 0 saturated carbocycles. The van der Waals surface area contributed by atoms with Crippen molar-refractivity contribution >= 4 is 17.4 Å². The van der Waals surface area contributed by atoms with E-state index in [4.69, 9.17) is 9.47 Å². The van der Waals surface area contributed by atoms with Gasteiger partial charge in [0.25, 0.3) is 0 Å². The number of rotatable bonds is 8. The number of likely N-dealkylation sites (tertiary alicyclic amines) is 2. The van der Waals surface area contributed by atoms with Crippen LogP contribution in [-0.4, -0.2) is 77.8 Å². The van der Waals surface area contributed by atoms with Crippen LogP contribution in [-0.2, 0) is 9.53 Å². The normalized spacial score (nSPS) is 24.5. The van der Waals surface area contributed by atoms with Crippen molar-refractivity contribution in [3.63, 3.8) is 0 Å². The highest BCUT2D eigenvalue weighted by molar-refractivity contribution is 7.03. The van der Waals surface area contributed by atoms with Gasteiger partial charge in [-0.2, -0.15) is 0 Å². The zero-order valence-corrected chi connectivity index (χ0v) is 19.2. The van der Waals surface area contributed by atoms with E-state index in [9.17, 15) is 4.79 Å². The number of aromatic nitrogens is 2. The molecule has 2 aliphatic rings. The molecule has 0 radical (unpaired) electrons. The highest BCUT2D eigenvalue weighted by Crippen LogP contribution is 2.40. The lowest BCUT2D eigenvalue weighted by Crippen LogP contribution is -2.45. The van der Waals surface area contributed by atoms with Crippen LogP contribution in [0.5, 0.6) is 5.75 Å². The van der Waals surface area contributed by atoms with Gasteiger partial charge in [0.1, 0.15) is 5.75 Å². The van der Waals surface area contributed by atoms with Gasteiger partial charge < -0.3 is 14.4 Å². The molecule has 2 aliphatic heterocycles. The maximum Gasteiger partial charge on any atom is 0.236 e. The van der Waals surface area contributed by atoms with Gasteiger partial charge in [-0.25, -0.2) is 0 Å². The third-order valence-corrected chi connectivity index (χ3v) is 6.85. The first-order valence-electron chi connectivity index (χ1n) is 11.2. The Morgan fingerprint density at radius 3 is 2.90 bits per heavy atom. The average molecular weight is 445 g/mol. The number of hydrogen-bond acceptors (Lipinski definition) is 7. The first-order chi connectivity index (χ1) is 15.2. The van der Waals surface area contributed by atoms with Gasteiger partial charge in [0.15, 0.2) is 0 Å². The summed E-state index contributed by atoms with van der Waals surface area (Å²) in [5.74, 6) is 1.36. The quantitative estimate of drug-likeness (QED) is 0.623. The number of carbonyl (C=O) groups is 1. The Morgan fingerprint density at radius 2 is 2.13 bits per heavy atom. The van der Waals surface area contributed by atoms with E-state index in [0.29, 0.717) is 19.6 Å². The van der Waals surface area contributed by atoms with Crippen LogP contribution in [0.2, 0.25) is 0 Å². The Balaban J connectivity index is 1.44. The van der Waals surface area contributed by atoms with Crippen molar-refractivity contribution in [3.8, 4) is 5.75 Å². The summed E-state index contributed by atoms with van der Waals surface area (Å²) in [6, 6.07) is 8.16. The fraction of sp³-hybridized carbons (Fsp3) is 0.609. The molecule has 3 heterocycles. The minimum Gasteiger partial charge on any atom is -0.497 e. The topological polar surface area (TPSA) is 67.8 Å². The molecule has 0 spiro atoms. The maximum atomic E-state index is 13.2. The zero-order valence-electron chi connectivity index (χ0n) is 18.4. The summed E-state index contributed by atoms with van der Waals surface area (Å²) in [7, 11) is 1.68. The number of benzene rings is 1. The van der Waals surface area contributed by atoms with Gasteiger partial charge in [0, 0.05) is 43.5 Å². The summed E-state index contributed by atoms with van der Waals surface area (Å²) in [5.41, 5.74) is 2.15. The van der Waals surface area contributed by atoms with Crippen LogP contribution in [0.3, 0.4) is 0 Å². The molecule has 0 N–H and O–H groups in total. The van der Waals surface area contributed by atoms with Gasteiger partial charge in [-0.05, 0) is 55.0 Å². The molecular formula is C23H32N4O3S. The molecule has 3 atom stereocenters. The molecule has 1 aromatic heterocycles. The second kappa shape index (κ2) is 10.5. The molecule has 2 aromatic rings. The van der Waals surface area contributed by atoms with E-state index >= 15 is 0 Å². The largest absolute Gasteiger partial charge is 0.497 e. The molecule has 2 fully saturated rings. The maximum absolute atomic E-state index is 13.2. The summed E-state index contributed by atoms with van der Waals surface area (Å²) >= 11 is 1.36. The summed E-state index contributed by atoms with van der Waals surface area (Å²) in [4.78, 5) is 17.5. The molecule has 0 aliphatic carbocycles. The first-order valence-corrected chi connectivity index (χ1v) is 12.0. The van der Waals surface area contributed by atoms with Crippen molar-refractivity contribution in [2.24, 2.45) is 0 Å². The Morgan fingerprint density at radius 1 is 1.26 bits per heavy atom. The lowest BCUT2D eigenvalue weighted by atomic mass is 9.87. The molecule has 8 heteroatoms. The van der Waals surface area contributed by atoms with E-state index in [1.165, 1.54) is 17.1 Å². The molecule has 0 unspecified atom stereocenters. The van der Waals surface area contributed by atoms with Crippen molar-refractivity contribution in [3.05, 3.63) is 40.9 Å². The van der Waals surface area contributed by atoms with Crippen LogP contribution in [0.25, 0.3) is 0 Å². The number of amides is 1. The molecular weight excluding hydrogens is 412 g/mol. The minimum atomic E-state index is 0.150. The van der Waals surface area contributed by atoms with Crippen molar-refractivity contribution in [1.82, 2.24) is 19.4 Å². The molecule has 168 valence electrons. The van der Waals surface area contributed by atoms with Crippen molar-refractivity contribution < 1.29 is 14.3 Å². The number of ether oxygens (including phenoxy) is 2. The van der Waals surface area contributed by atoms with E-state index in [2.05, 4.69) is 33.5 Å². The van der Waals surface area contributed by atoms with E-state index in [-0.39, 0.29) is 23.8 Å². The second-order valence-corrected chi connectivity index (χ2v) is 9.10. The molecule has 7 nitrogen and oxygen atoms in total. The minimum absolute atomic E-state index is 0.150. The number of hydrogen-bond donors (Lipinski definition) is 0. The van der Waals surface area contributed by atoms with E-state index in [1.54, 1.807) is 7.11 Å². The highest BCUT2D eigenvalue weighted by atomic mass is 32.1. The first kappa shape index (κ1) is 22.2. The number of nitrogens with zero attached hydrogens (tertiary/aromatic N) is 4. The fourth-order valence-corrected chi connectivity index (χ4v) is 5.24. The molecule has 1 amide bonds. The molecule has 31 heavy (non-hydrogen) atoms. The van der Waals surface area contributed by atoms with Crippen LogP contribution >= 0.6 is 11.5 Å². The third-order valence-electron chi connectivity index (χ3n) is 6.33. The highest BCUT2D eigenvalue weighted by Gasteiger charge is 2.39. The van der Waals surface area contributed by atoms with Crippen molar-refractivity contribution in [2.75, 3.05) is 46.4 Å². The number of methoxy groups -OCH3 is 1. The zero-order chi connectivity index (χ0) is 21.6. The standard InChI is InChI=1S/C23H32N4O3S/c1-3-10-30-19-8-5-9-26(12-19)15-23(28)27-13-20(17-6-4-7-18(11-17)29-2)21(14-27)22-16-31-25-24-22/h4,6-7,11,16,19-21H,3,5,8-10,12-15H2,1-2H3/t19-,20+,21-/m1/s1. The molecule has 1 aromatic carbocycles. The predicted molar refractivity (Wildman–Crippen MR) is 121 cm³/mol. The van der Waals surface area contributed by atoms with Gasteiger partial charge >= 0.3 is 0 Å². The number of piperidine rings is 1. The number of carbonyl (C=O) groups excluding carboxylic acids is 1. The fourth-order valence-electron chi connectivity index (χ4n) is 4.72. The Kier molecular flexibility index (Phi) is 7.53. The van der Waals surface area contributed by atoms with Crippen molar-refractivity contribution in [2.45, 2.75) is 44.1 Å². The monoisotopic (exact) mass is 444 g/mol. The second-order valence-electron chi connectivity index (χ2n) is 8.49. The lowest BCUT2D eigenvalue weighted by molar-refractivity contribution is -0.132. The van der Waals surface area contributed by atoms with E-state index < -0.39 is 0 Å². The molecule has 0 bridgehead atoms. The van der Waals surface area contributed by atoms with E-state index in [1.807, 2.05) is 22.4 Å². The Hall–Kier alpha value is -2.03. The predicted octanol–water partition coefficient (Wildman–Crippen LogP) is 3.15. The smallest absolute Gasteiger partial charge is 0.236 e. The van der Waals surface area contributed by atoms with Crippen LogP contribution in [0.4, 0.5) is 0 Å². The summed E-state index contributed by atoms with van der Waals surface area (Å²) in [5, 5.41) is 6.34. The molecule has 2 saturated heterocycles.